The normalized spacial score (nSPS) is 11.0. The summed E-state index contributed by atoms with van der Waals surface area (Å²) < 4.78 is 0. The molecule has 0 unspecified atom stereocenters. The van der Waals surface area contributed by atoms with E-state index in [-0.39, 0.29) is 5.91 Å². The van der Waals surface area contributed by atoms with Gasteiger partial charge in [-0.2, -0.15) is 4.98 Å². The van der Waals surface area contributed by atoms with Crippen LogP contribution in [0.1, 0.15) is 44.0 Å². The third kappa shape index (κ3) is 5.07. The maximum Gasteiger partial charge on any atom is 0.259 e. The van der Waals surface area contributed by atoms with Gasteiger partial charge in [-0.25, -0.2) is 9.98 Å². The van der Waals surface area contributed by atoms with E-state index in [1.165, 1.54) is 0 Å². The number of carbonyl (C=O) groups is 1. The zero-order valence-electron chi connectivity index (χ0n) is 16.7. The standard InChI is InChI=1S/C21H27ClN5O/c1-5-9-14-23-19-18(15-24-21(25-19)26(6-2)7-3)27(8-4)20(28)16-12-10-11-13-17(16)22/h10-15H,1,5-9H2,2-4H3. The van der Waals surface area contributed by atoms with Gasteiger partial charge in [0.25, 0.3) is 5.91 Å². The van der Waals surface area contributed by atoms with E-state index >= 15 is 0 Å². The third-order valence-electron chi connectivity index (χ3n) is 4.29. The van der Waals surface area contributed by atoms with Crippen molar-refractivity contribution in [3.05, 3.63) is 48.0 Å². The molecule has 0 saturated heterocycles. The van der Waals surface area contributed by atoms with Crippen molar-refractivity contribution in [2.75, 3.05) is 29.4 Å². The first kappa shape index (κ1) is 21.8. The topological polar surface area (TPSA) is 61.7 Å². The van der Waals surface area contributed by atoms with Gasteiger partial charge in [0.15, 0.2) is 5.82 Å². The average molecular weight is 401 g/mol. The molecule has 1 radical (unpaired) electrons. The lowest BCUT2D eigenvalue weighted by Crippen LogP contribution is -2.32. The Hall–Kier alpha value is -2.47. The van der Waals surface area contributed by atoms with Gasteiger partial charge in [-0.05, 0) is 45.7 Å². The summed E-state index contributed by atoms with van der Waals surface area (Å²) in [6.07, 6.45) is 4.91. The minimum absolute atomic E-state index is 0.208. The number of aromatic nitrogens is 2. The number of aliphatic imine (C=N–C) groups is 1. The van der Waals surface area contributed by atoms with Gasteiger partial charge in [-0.15, -0.1) is 0 Å². The minimum Gasteiger partial charge on any atom is -0.341 e. The smallest absolute Gasteiger partial charge is 0.259 e. The highest BCUT2D eigenvalue weighted by atomic mass is 35.5. The van der Waals surface area contributed by atoms with Crippen molar-refractivity contribution in [2.45, 2.75) is 33.6 Å². The van der Waals surface area contributed by atoms with Gasteiger partial charge in [0.2, 0.25) is 5.95 Å². The van der Waals surface area contributed by atoms with Crippen molar-refractivity contribution in [3.8, 4) is 0 Å². The summed E-state index contributed by atoms with van der Waals surface area (Å²) in [4.78, 5) is 30.4. The zero-order chi connectivity index (χ0) is 20.5. The molecule has 1 amide bonds. The van der Waals surface area contributed by atoms with Crippen molar-refractivity contribution in [3.63, 3.8) is 0 Å². The van der Waals surface area contributed by atoms with Crippen LogP contribution in [0.15, 0.2) is 35.5 Å². The molecule has 0 aliphatic rings. The van der Waals surface area contributed by atoms with E-state index in [1.54, 1.807) is 41.6 Å². The number of nitrogens with zero attached hydrogens (tertiary/aromatic N) is 5. The Morgan fingerprint density at radius 2 is 1.93 bits per heavy atom. The van der Waals surface area contributed by atoms with Crippen molar-refractivity contribution < 1.29 is 4.79 Å². The number of rotatable bonds is 9. The molecule has 1 aromatic heterocycles. The van der Waals surface area contributed by atoms with Gasteiger partial charge in [0.05, 0.1) is 16.8 Å². The Kier molecular flexibility index (Phi) is 8.39. The number of amides is 1. The quantitative estimate of drug-likeness (QED) is 0.558. The molecule has 0 aliphatic carbocycles. The van der Waals surface area contributed by atoms with Crippen LogP contribution in [0.2, 0.25) is 5.02 Å². The molecule has 0 atom stereocenters. The van der Waals surface area contributed by atoms with Gasteiger partial charge >= 0.3 is 0 Å². The van der Waals surface area contributed by atoms with Crippen LogP contribution < -0.4 is 9.80 Å². The van der Waals surface area contributed by atoms with Crippen LogP contribution in [0, 0.1) is 6.92 Å². The Bertz CT molecular complexity index is 820. The highest BCUT2D eigenvalue weighted by Gasteiger charge is 2.23. The molecule has 2 aromatic rings. The number of benzene rings is 1. The molecular formula is C21H27ClN5O. The lowest BCUT2D eigenvalue weighted by molar-refractivity contribution is 0.0988. The van der Waals surface area contributed by atoms with Crippen molar-refractivity contribution in [1.29, 1.82) is 0 Å². The van der Waals surface area contributed by atoms with E-state index in [0.717, 1.165) is 25.9 Å². The molecule has 0 fully saturated rings. The summed E-state index contributed by atoms with van der Waals surface area (Å²) in [7, 11) is 0. The van der Waals surface area contributed by atoms with E-state index in [2.05, 4.69) is 21.9 Å². The van der Waals surface area contributed by atoms with Crippen LogP contribution in [0.5, 0.6) is 0 Å². The molecule has 7 heteroatoms. The summed E-state index contributed by atoms with van der Waals surface area (Å²) in [5.41, 5.74) is 0.996. The predicted molar refractivity (Wildman–Crippen MR) is 117 cm³/mol. The van der Waals surface area contributed by atoms with Gasteiger partial charge < -0.3 is 9.80 Å². The Balaban J connectivity index is 2.50. The summed E-state index contributed by atoms with van der Waals surface area (Å²) in [5, 5.41) is 0.411. The maximum atomic E-state index is 13.1. The first-order valence-corrected chi connectivity index (χ1v) is 9.95. The lowest BCUT2D eigenvalue weighted by Gasteiger charge is -2.24. The average Bonchev–Trinajstić information content (AvgIpc) is 2.71. The van der Waals surface area contributed by atoms with Crippen LogP contribution >= 0.6 is 11.6 Å². The second kappa shape index (κ2) is 10.8. The Morgan fingerprint density at radius 1 is 1.21 bits per heavy atom. The fourth-order valence-electron chi connectivity index (χ4n) is 2.75. The molecule has 149 valence electrons. The molecule has 0 bridgehead atoms. The molecule has 1 heterocycles. The lowest BCUT2D eigenvalue weighted by atomic mass is 10.2. The van der Waals surface area contributed by atoms with Gasteiger partial charge in [-0.1, -0.05) is 30.7 Å². The second-order valence-corrected chi connectivity index (χ2v) is 6.44. The van der Waals surface area contributed by atoms with Crippen LogP contribution in [0.3, 0.4) is 0 Å². The number of carbonyl (C=O) groups excluding carboxylic acids is 1. The summed E-state index contributed by atoms with van der Waals surface area (Å²) >= 11 is 6.23. The number of halogens is 1. The van der Waals surface area contributed by atoms with Crippen LogP contribution in [-0.2, 0) is 0 Å². The number of hydrogen-bond donors (Lipinski definition) is 0. The molecule has 6 nitrogen and oxygen atoms in total. The summed E-state index contributed by atoms with van der Waals surface area (Å²) in [6, 6.07) is 7.01. The molecule has 0 N–H and O–H groups in total. The number of hydrogen-bond acceptors (Lipinski definition) is 5. The van der Waals surface area contributed by atoms with E-state index in [1.807, 2.05) is 25.7 Å². The molecule has 0 aliphatic heterocycles. The Morgan fingerprint density at radius 3 is 2.54 bits per heavy atom. The maximum absolute atomic E-state index is 13.1. The highest BCUT2D eigenvalue weighted by Crippen LogP contribution is 2.30. The largest absolute Gasteiger partial charge is 0.341 e. The van der Waals surface area contributed by atoms with E-state index in [9.17, 15) is 4.79 Å². The van der Waals surface area contributed by atoms with Gasteiger partial charge in [0, 0.05) is 25.8 Å². The first-order chi connectivity index (χ1) is 13.6. The van der Waals surface area contributed by atoms with E-state index in [0.29, 0.717) is 34.6 Å². The monoisotopic (exact) mass is 400 g/mol. The van der Waals surface area contributed by atoms with Crippen molar-refractivity contribution in [2.24, 2.45) is 4.99 Å². The molecular weight excluding hydrogens is 374 g/mol. The SMILES string of the molecule is [CH2]CCC=Nc1nc(N(CC)CC)ncc1N(CC)C(=O)c1ccccc1Cl. The second-order valence-electron chi connectivity index (χ2n) is 6.03. The predicted octanol–water partition coefficient (Wildman–Crippen LogP) is 4.96. The van der Waals surface area contributed by atoms with Gasteiger partial charge in [-0.3, -0.25) is 4.79 Å². The van der Waals surface area contributed by atoms with Crippen LogP contribution in [-0.4, -0.2) is 41.7 Å². The summed E-state index contributed by atoms with van der Waals surface area (Å²) in [6.45, 7) is 11.8. The molecule has 2 rings (SSSR count). The molecule has 0 saturated carbocycles. The van der Waals surface area contributed by atoms with E-state index < -0.39 is 0 Å². The fourth-order valence-corrected chi connectivity index (χ4v) is 2.96. The minimum atomic E-state index is -0.208. The Labute approximate surface area is 172 Å². The van der Waals surface area contributed by atoms with Crippen molar-refractivity contribution in [1.82, 2.24) is 9.97 Å². The van der Waals surface area contributed by atoms with E-state index in [4.69, 9.17) is 11.6 Å². The molecule has 0 spiro atoms. The highest BCUT2D eigenvalue weighted by molar-refractivity contribution is 6.34. The number of unbranched alkanes of at least 4 members (excludes halogenated alkanes) is 1. The summed E-state index contributed by atoms with van der Waals surface area (Å²) in [5.74, 6) is 0.852. The zero-order valence-corrected chi connectivity index (χ0v) is 17.5. The molecule has 1 aromatic carbocycles. The third-order valence-corrected chi connectivity index (χ3v) is 4.62. The van der Waals surface area contributed by atoms with Crippen molar-refractivity contribution >= 4 is 41.2 Å². The molecule has 28 heavy (non-hydrogen) atoms. The first-order valence-electron chi connectivity index (χ1n) is 9.57. The van der Waals surface area contributed by atoms with Gasteiger partial charge in [0.1, 0.15) is 5.69 Å². The number of anilines is 2. The fraction of sp³-hybridized carbons (Fsp3) is 0.381. The van der Waals surface area contributed by atoms with Crippen LogP contribution in [0.25, 0.3) is 0 Å². The van der Waals surface area contributed by atoms with Crippen LogP contribution in [0.4, 0.5) is 17.5 Å².